The van der Waals surface area contributed by atoms with Crippen molar-refractivity contribution in [1.29, 1.82) is 0 Å². The van der Waals surface area contributed by atoms with Gasteiger partial charge in [0.15, 0.2) is 0 Å². The molecule has 0 aliphatic carbocycles. The van der Waals surface area contributed by atoms with Crippen molar-refractivity contribution < 1.29 is 9.50 Å². The normalized spacial score (nSPS) is 14.0. The summed E-state index contributed by atoms with van der Waals surface area (Å²) in [6, 6.07) is 10.8. The van der Waals surface area contributed by atoms with Crippen LogP contribution in [0, 0.1) is 0 Å². The largest absolute Gasteiger partial charge is 0.387 e. The van der Waals surface area contributed by atoms with Crippen LogP contribution in [-0.4, -0.2) is 28.8 Å². The van der Waals surface area contributed by atoms with Crippen molar-refractivity contribution >= 4 is 0 Å². The predicted molar refractivity (Wildman–Crippen MR) is 90.6 cm³/mol. The third kappa shape index (κ3) is 4.82. The number of nitrogens with zero attached hydrogens (tertiary/aromatic N) is 1. The third-order valence-corrected chi connectivity index (χ3v) is 3.69. The Morgan fingerprint density at radius 3 is 2.30 bits per heavy atom. The van der Waals surface area contributed by atoms with Crippen LogP contribution < -0.4 is 11.1 Å². The molecule has 2 rings (SSSR count). The van der Waals surface area contributed by atoms with Crippen molar-refractivity contribution in [2.24, 2.45) is 5.73 Å². The molecule has 0 radical (unpaired) electrons. The number of benzene rings is 1. The Hall–Kier alpha value is -1.82. The molecule has 124 valence electrons. The lowest BCUT2D eigenvalue weighted by atomic mass is 10.00. The van der Waals surface area contributed by atoms with Gasteiger partial charge >= 0.3 is 0 Å². The van der Waals surface area contributed by atoms with Crippen molar-refractivity contribution in [2.75, 3.05) is 6.67 Å². The highest BCUT2D eigenvalue weighted by atomic mass is 19.1. The van der Waals surface area contributed by atoms with Gasteiger partial charge in [-0.3, -0.25) is 4.98 Å². The van der Waals surface area contributed by atoms with Crippen LogP contribution >= 0.6 is 0 Å². The molecule has 1 heterocycles. The monoisotopic (exact) mass is 317 g/mol. The third-order valence-electron chi connectivity index (χ3n) is 3.69. The fraction of sp³-hybridized carbons (Fsp3) is 0.389. The lowest BCUT2D eigenvalue weighted by molar-refractivity contribution is 0.132. The molecular formula is C18H24FN3O. The van der Waals surface area contributed by atoms with Gasteiger partial charge in [-0.05, 0) is 17.2 Å². The number of aliphatic hydroxyl groups is 1. The van der Waals surface area contributed by atoms with Gasteiger partial charge in [0.1, 0.15) is 6.67 Å². The Labute approximate surface area is 136 Å². The summed E-state index contributed by atoms with van der Waals surface area (Å²) in [7, 11) is 0. The SMILES string of the molecule is CC(C)NCc1ccc(-c2ccc(C(O)C(N)CF)cc2)cn1. The minimum Gasteiger partial charge on any atom is -0.387 e. The van der Waals surface area contributed by atoms with Gasteiger partial charge in [-0.2, -0.15) is 0 Å². The average molecular weight is 317 g/mol. The molecule has 4 nitrogen and oxygen atoms in total. The Bertz CT molecular complexity index is 599. The molecular weight excluding hydrogens is 293 g/mol. The second-order valence-electron chi connectivity index (χ2n) is 5.96. The van der Waals surface area contributed by atoms with Crippen molar-refractivity contribution in [3.63, 3.8) is 0 Å². The molecule has 5 heteroatoms. The van der Waals surface area contributed by atoms with Crippen molar-refractivity contribution in [3.05, 3.63) is 53.9 Å². The maximum Gasteiger partial charge on any atom is 0.107 e. The van der Waals surface area contributed by atoms with Crippen LogP contribution in [0.25, 0.3) is 11.1 Å². The Kier molecular flexibility index (Phi) is 6.21. The number of pyridine rings is 1. The molecule has 23 heavy (non-hydrogen) atoms. The first-order chi connectivity index (χ1) is 11.0. The highest BCUT2D eigenvalue weighted by molar-refractivity contribution is 5.62. The number of hydrogen-bond acceptors (Lipinski definition) is 4. The van der Waals surface area contributed by atoms with Gasteiger partial charge in [0.2, 0.25) is 0 Å². The van der Waals surface area contributed by atoms with E-state index in [4.69, 9.17) is 5.73 Å². The van der Waals surface area contributed by atoms with Crippen molar-refractivity contribution in [3.8, 4) is 11.1 Å². The molecule has 2 aromatic rings. The summed E-state index contributed by atoms with van der Waals surface area (Å²) in [5.41, 5.74) is 9.11. The molecule has 0 amide bonds. The summed E-state index contributed by atoms with van der Waals surface area (Å²) in [5.74, 6) is 0. The molecule has 2 atom stereocenters. The minimum atomic E-state index is -0.989. The van der Waals surface area contributed by atoms with Crippen LogP contribution in [0.4, 0.5) is 4.39 Å². The topological polar surface area (TPSA) is 71.2 Å². The number of rotatable bonds is 7. The molecule has 0 saturated carbocycles. The second kappa shape index (κ2) is 8.15. The summed E-state index contributed by atoms with van der Waals surface area (Å²) in [5, 5.41) is 13.2. The molecule has 0 aliphatic rings. The van der Waals surface area contributed by atoms with Gasteiger partial charge in [0.25, 0.3) is 0 Å². The maximum absolute atomic E-state index is 12.5. The summed E-state index contributed by atoms with van der Waals surface area (Å²) < 4.78 is 12.5. The zero-order valence-electron chi connectivity index (χ0n) is 13.5. The predicted octanol–water partition coefficient (Wildman–Crippen LogP) is 2.58. The van der Waals surface area contributed by atoms with E-state index in [9.17, 15) is 9.50 Å². The van der Waals surface area contributed by atoms with Crippen LogP contribution in [-0.2, 0) is 6.54 Å². The molecule has 4 N–H and O–H groups in total. The van der Waals surface area contributed by atoms with Gasteiger partial charge in [-0.1, -0.05) is 44.2 Å². The summed E-state index contributed by atoms with van der Waals surface area (Å²) in [4.78, 5) is 4.44. The van der Waals surface area contributed by atoms with Crippen LogP contribution in [0.3, 0.4) is 0 Å². The first-order valence-corrected chi connectivity index (χ1v) is 7.79. The standard InChI is InChI=1S/C18H24FN3O/c1-12(2)21-11-16-8-7-15(10-22-16)13-3-5-14(6-4-13)18(23)17(20)9-19/h3-8,10,12,17-18,21,23H,9,11,20H2,1-2H3. The fourth-order valence-electron chi connectivity index (χ4n) is 2.21. The number of alkyl halides is 1. The van der Waals surface area contributed by atoms with Crippen LogP contribution in [0.2, 0.25) is 0 Å². The summed E-state index contributed by atoms with van der Waals surface area (Å²) in [6.07, 6.45) is 0.840. The minimum absolute atomic E-state index is 0.422. The number of aliphatic hydroxyl groups excluding tert-OH is 1. The molecule has 0 bridgehead atoms. The number of aromatic nitrogens is 1. The van der Waals surface area contributed by atoms with E-state index in [1.165, 1.54) is 0 Å². The lowest BCUT2D eigenvalue weighted by Gasteiger charge is -2.16. The van der Waals surface area contributed by atoms with Gasteiger partial charge in [-0.15, -0.1) is 0 Å². The van der Waals surface area contributed by atoms with E-state index in [1.807, 2.05) is 30.5 Å². The molecule has 0 fully saturated rings. The maximum atomic E-state index is 12.5. The van der Waals surface area contributed by atoms with Gasteiger partial charge < -0.3 is 16.2 Å². The van der Waals surface area contributed by atoms with Crippen molar-refractivity contribution in [1.82, 2.24) is 10.3 Å². The quantitative estimate of drug-likeness (QED) is 0.734. The number of halogens is 1. The van der Waals surface area contributed by atoms with Crippen LogP contribution in [0.1, 0.15) is 31.2 Å². The van der Waals surface area contributed by atoms with E-state index in [1.54, 1.807) is 12.1 Å². The van der Waals surface area contributed by atoms with Crippen molar-refractivity contribution in [2.45, 2.75) is 38.6 Å². The molecule has 1 aromatic carbocycles. The van der Waals surface area contributed by atoms with E-state index in [2.05, 4.69) is 24.1 Å². The Morgan fingerprint density at radius 1 is 1.13 bits per heavy atom. The molecule has 0 saturated heterocycles. The highest BCUT2D eigenvalue weighted by Crippen LogP contribution is 2.23. The molecule has 2 unspecified atom stereocenters. The Morgan fingerprint density at radius 2 is 1.78 bits per heavy atom. The number of nitrogens with two attached hydrogens (primary N) is 1. The average Bonchev–Trinajstić information content (AvgIpc) is 2.59. The first-order valence-electron chi connectivity index (χ1n) is 7.79. The highest BCUT2D eigenvalue weighted by Gasteiger charge is 2.16. The lowest BCUT2D eigenvalue weighted by Crippen LogP contribution is -2.30. The van der Waals surface area contributed by atoms with E-state index in [0.29, 0.717) is 11.6 Å². The smallest absolute Gasteiger partial charge is 0.107 e. The summed E-state index contributed by atoms with van der Waals surface area (Å²) >= 11 is 0. The second-order valence-corrected chi connectivity index (χ2v) is 5.96. The van der Waals surface area contributed by atoms with E-state index >= 15 is 0 Å². The molecule has 0 spiro atoms. The van der Waals surface area contributed by atoms with E-state index in [0.717, 1.165) is 23.4 Å². The van der Waals surface area contributed by atoms with E-state index in [-0.39, 0.29) is 0 Å². The summed E-state index contributed by atoms with van der Waals surface area (Å²) in [6.45, 7) is 4.18. The zero-order valence-corrected chi connectivity index (χ0v) is 13.5. The van der Waals surface area contributed by atoms with Crippen LogP contribution in [0.5, 0.6) is 0 Å². The molecule has 0 aliphatic heterocycles. The zero-order chi connectivity index (χ0) is 16.8. The number of hydrogen-bond donors (Lipinski definition) is 3. The number of nitrogens with one attached hydrogen (secondary N) is 1. The first kappa shape index (κ1) is 17.5. The van der Waals surface area contributed by atoms with E-state index < -0.39 is 18.8 Å². The van der Waals surface area contributed by atoms with Gasteiger partial charge in [0.05, 0.1) is 17.8 Å². The molecule has 1 aromatic heterocycles. The Balaban J connectivity index is 2.07. The van der Waals surface area contributed by atoms with Gasteiger partial charge in [-0.25, -0.2) is 4.39 Å². The fourth-order valence-corrected chi connectivity index (χ4v) is 2.21. The van der Waals surface area contributed by atoms with Crippen LogP contribution in [0.15, 0.2) is 42.6 Å². The van der Waals surface area contributed by atoms with Gasteiger partial charge in [0, 0.05) is 24.3 Å².